The highest BCUT2D eigenvalue weighted by atomic mass is 16.3. The summed E-state index contributed by atoms with van der Waals surface area (Å²) in [4.78, 5) is 2.53. The molecule has 2 unspecified atom stereocenters. The lowest BCUT2D eigenvalue weighted by atomic mass is 9.72. The molecular formula is C18H25NO. The van der Waals surface area contributed by atoms with Gasteiger partial charge in [-0.25, -0.2) is 0 Å². The standard InChI is InChI=1S/C18H25NO/c20-18(11-13-19-12-4-3-10-17(18)19)16-9-2-1-8-15(16)14-6-5-7-14/h1-2,8-9,14,17,20H,3-7,10-13H2. The molecule has 2 heterocycles. The van der Waals surface area contributed by atoms with Gasteiger partial charge in [0.1, 0.15) is 5.60 Å². The van der Waals surface area contributed by atoms with Crippen molar-refractivity contribution >= 4 is 0 Å². The summed E-state index contributed by atoms with van der Waals surface area (Å²) in [7, 11) is 0. The van der Waals surface area contributed by atoms with Crippen molar-refractivity contribution in [2.45, 2.75) is 62.5 Å². The van der Waals surface area contributed by atoms with Crippen LogP contribution in [0.3, 0.4) is 0 Å². The van der Waals surface area contributed by atoms with Gasteiger partial charge in [-0.3, -0.25) is 4.90 Å². The first-order chi connectivity index (χ1) is 9.79. The number of rotatable bonds is 2. The molecule has 108 valence electrons. The van der Waals surface area contributed by atoms with Gasteiger partial charge in [-0.1, -0.05) is 37.1 Å². The van der Waals surface area contributed by atoms with E-state index in [4.69, 9.17) is 0 Å². The van der Waals surface area contributed by atoms with Crippen LogP contribution in [0.1, 0.15) is 62.0 Å². The Bertz CT molecular complexity index is 496. The van der Waals surface area contributed by atoms with Crippen molar-refractivity contribution < 1.29 is 5.11 Å². The zero-order valence-corrected chi connectivity index (χ0v) is 12.2. The maximum atomic E-state index is 11.5. The van der Waals surface area contributed by atoms with Crippen molar-refractivity contribution in [2.24, 2.45) is 0 Å². The molecule has 2 atom stereocenters. The van der Waals surface area contributed by atoms with Crippen LogP contribution in [0.25, 0.3) is 0 Å². The smallest absolute Gasteiger partial charge is 0.107 e. The van der Waals surface area contributed by atoms with Gasteiger partial charge in [0.25, 0.3) is 0 Å². The van der Waals surface area contributed by atoms with E-state index in [2.05, 4.69) is 29.2 Å². The first-order valence-electron chi connectivity index (χ1n) is 8.35. The highest BCUT2D eigenvalue weighted by molar-refractivity contribution is 5.38. The van der Waals surface area contributed by atoms with Crippen LogP contribution in [0.5, 0.6) is 0 Å². The predicted octanol–water partition coefficient (Wildman–Crippen LogP) is 3.40. The average molecular weight is 271 g/mol. The average Bonchev–Trinajstić information content (AvgIpc) is 2.77. The van der Waals surface area contributed by atoms with E-state index in [1.165, 1.54) is 49.8 Å². The maximum Gasteiger partial charge on any atom is 0.107 e. The fourth-order valence-corrected chi connectivity index (χ4v) is 4.56. The molecule has 2 nitrogen and oxygen atoms in total. The Labute approximate surface area is 121 Å². The molecule has 2 aliphatic heterocycles. The van der Waals surface area contributed by atoms with Crippen LogP contribution in [0.4, 0.5) is 0 Å². The lowest BCUT2D eigenvalue weighted by molar-refractivity contribution is -0.0149. The summed E-state index contributed by atoms with van der Waals surface area (Å²) < 4.78 is 0. The van der Waals surface area contributed by atoms with Crippen molar-refractivity contribution in [3.05, 3.63) is 35.4 Å². The summed E-state index contributed by atoms with van der Waals surface area (Å²) in [6, 6.07) is 9.08. The van der Waals surface area contributed by atoms with Gasteiger partial charge in [0.05, 0.1) is 0 Å². The minimum atomic E-state index is -0.591. The third kappa shape index (κ3) is 1.85. The second-order valence-electron chi connectivity index (χ2n) is 6.94. The van der Waals surface area contributed by atoms with E-state index in [0.29, 0.717) is 12.0 Å². The molecule has 3 aliphatic rings. The predicted molar refractivity (Wildman–Crippen MR) is 80.8 cm³/mol. The Morgan fingerprint density at radius 1 is 1.00 bits per heavy atom. The summed E-state index contributed by atoms with van der Waals surface area (Å²) in [5.74, 6) is 0.702. The normalized spacial score (nSPS) is 34.8. The Balaban J connectivity index is 1.72. The molecule has 0 aromatic heterocycles. The number of fused-ring (bicyclic) bond motifs is 1. The first kappa shape index (κ1) is 12.8. The van der Waals surface area contributed by atoms with Crippen molar-refractivity contribution in [1.82, 2.24) is 4.90 Å². The lowest BCUT2D eigenvalue weighted by Gasteiger charge is -2.40. The number of piperidine rings is 1. The molecule has 1 aromatic rings. The highest BCUT2D eigenvalue weighted by Crippen LogP contribution is 2.47. The van der Waals surface area contributed by atoms with E-state index in [0.717, 1.165) is 19.4 Å². The zero-order valence-electron chi connectivity index (χ0n) is 12.2. The van der Waals surface area contributed by atoms with Gasteiger partial charge in [-0.05, 0) is 55.7 Å². The Kier molecular flexibility index (Phi) is 3.12. The second-order valence-corrected chi connectivity index (χ2v) is 6.94. The van der Waals surface area contributed by atoms with Crippen LogP contribution in [0.2, 0.25) is 0 Å². The summed E-state index contributed by atoms with van der Waals surface area (Å²) >= 11 is 0. The second kappa shape index (κ2) is 4.85. The summed E-state index contributed by atoms with van der Waals surface area (Å²) in [5, 5.41) is 11.5. The van der Waals surface area contributed by atoms with Gasteiger partial charge in [0.15, 0.2) is 0 Å². The van der Waals surface area contributed by atoms with E-state index >= 15 is 0 Å². The molecule has 1 N–H and O–H groups in total. The van der Waals surface area contributed by atoms with Crippen molar-refractivity contribution in [3.63, 3.8) is 0 Å². The lowest BCUT2D eigenvalue weighted by Crippen LogP contribution is -2.45. The van der Waals surface area contributed by atoms with Crippen molar-refractivity contribution in [1.29, 1.82) is 0 Å². The van der Waals surface area contributed by atoms with Crippen LogP contribution in [-0.4, -0.2) is 29.1 Å². The molecule has 0 radical (unpaired) electrons. The van der Waals surface area contributed by atoms with Gasteiger partial charge in [-0.2, -0.15) is 0 Å². The van der Waals surface area contributed by atoms with Crippen LogP contribution >= 0.6 is 0 Å². The van der Waals surface area contributed by atoms with Crippen molar-refractivity contribution in [2.75, 3.05) is 13.1 Å². The fraction of sp³-hybridized carbons (Fsp3) is 0.667. The molecule has 3 fully saturated rings. The molecule has 1 aromatic carbocycles. The number of aliphatic hydroxyl groups is 1. The number of hydrogen-bond donors (Lipinski definition) is 1. The highest BCUT2D eigenvalue weighted by Gasteiger charge is 2.49. The molecule has 20 heavy (non-hydrogen) atoms. The Morgan fingerprint density at radius 2 is 1.85 bits per heavy atom. The minimum Gasteiger partial charge on any atom is -0.383 e. The minimum absolute atomic E-state index is 0.359. The quantitative estimate of drug-likeness (QED) is 0.891. The van der Waals surface area contributed by atoms with Gasteiger partial charge in [0.2, 0.25) is 0 Å². The molecule has 1 saturated carbocycles. The SMILES string of the molecule is OC1(c2ccccc2C2CCC2)CCN2CCCCC21. The van der Waals surface area contributed by atoms with E-state index in [1.54, 1.807) is 0 Å². The third-order valence-electron chi connectivity index (χ3n) is 5.92. The first-order valence-corrected chi connectivity index (χ1v) is 8.35. The number of hydrogen-bond acceptors (Lipinski definition) is 2. The topological polar surface area (TPSA) is 23.5 Å². The molecule has 0 bridgehead atoms. The van der Waals surface area contributed by atoms with Gasteiger partial charge in [-0.15, -0.1) is 0 Å². The van der Waals surface area contributed by atoms with Crippen molar-refractivity contribution in [3.8, 4) is 0 Å². The van der Waals surface area contributed by atoms with Crippen LogP contribution in [0.15, 0.2) is 24.3 Å². The number of nitrogens with zero attached hydrogens (tertiary/aromatic N) is 1. The molecular weight excluding hydrogens is 246 g/mol. The molecule has 0 spiro atoms. The number of benzene rings is 1. The molecule has 0 amide bonds. The Hall–Kier alpha value is -0.860. The van der Waals surface area contributed by atoms with E-state index < -0.39 is 5.60 Å². The van der Waals surface area contributed by atoms with E-state index in [1.807, 2.05) is 0 Å². The van der Waals surface area contributed by atoms with Crippen LogP contribution in [-0.2, 0) is 5.60 Å². The fourth-order valence-electron chi connectivity index (χ4n) is 4.56. The maximum absolute atomic E-state index is 11.5. The van der Waals surface area contributed by atoms with Crippen LogP contribution in [0, 0.1) is 0 Å². The molecule has 4 rings (SSSR count). The van der Waals surface area contributed by atoms with E-state index in [9.17, 15) is 5.11 Å². The summed E-state index contributed by atoms with van der Waals surface area (Å²) in [6.07, 6.45) is 8.62. The summed E-state index contributed by atoms with van der Waals surface area (Å²) in [6.45, 7) is 2.25. The molecule has 2 heteroatoms. The molecule has 2 saturated heterocycles. The monoisotopic (exact) mass is 271 g/mol. The van der Waals surface area contributed by atoms with Gasteiger partial charge in [0, 0.05) is 12.6 Å². The van der Waals surface area contributed by atoms with E-state index in [-0.39, 0.29) is 0 Å². The largest absolute Gasteiger partial charge is 0.383 e. The van der Waals surface area contributed by atoms with Crippen LogP contribution < -0.4 is 0 Å². The molecule has 1 aliphatic carbocycles. The third-order valence-corrected chi connectivity index (χ3v) is 5.92. The zero-order chi connectivity index (χ0) is 13.6. The summed E-state index contributed by atoms with van der Waals surface area (Å²) in [5.41, 5.74) is 2.10. The Morgan fingerprint density at radius 3 is 2.65 bits per heavy atom. The van der Waals surface area contributed by atoms with Gasteiger partial charge >= 0.3 is 0 Å². The van der Waals surface area contributed by atoms with Gasteiger partial charge < -0.3 is 5.11 Å².